The van der Waals surface area contributed by atoms with Crippen LogP contribution in [0.2, 0.25) is 0 Å². The normalized spacial score (nSPS) is 15.8. The van der Waals surface area contributed by atoms with Gasteiger partial charge >= 0.3 is 0 Å². The third-order valence-electron chi connectivity index (χ3n) is 5.74. The Balaban J connectivity index is 1.77. The van der Waals surface area contributed by atoms with E-state index in [0.29, 0.717) is 12.5 Å². The van der Waals surface area contributed by atoms with Gasteiger partial charge in [0.25, 0.3) is 0 Å². The van der Waals surface area contributed by atoms with Gasteiger partial charge in [0, 0.05) is 13.0 Å². The summed E-state index contributed by atoms with van der Waals surface area (Å²) in [5.74, 6) is 7.72. The predicted molar refractivity (Wildman–Crippen MR) is 136 cm³/mol. The highest BCUT2D eigenvalue weighted by atomic mass is 32.2. The summed E-state index contributed by atoms with van der Waals surface area (Å²) in [6.07, 6.45) is 13.7. The maximum Gasteiger partial charge on any atom is 0.238 e. The third kappa shape index (κ3) is 9.81. The van der Waals surface area contributed by atoms with Crippen LogP contribution in [0.1, 0.15) is 97.0 Å². The highest BCUT2D eigenvalue weighted by molar-refractivity contribution is 7.89. The van der Waals surface area contributed by atoms with E-state index in [1.165, 1.54) is 74.9 Å². The lowest BCUT2D eigenvalue weighted by Gasteiger charge is -2.32. The Morgan fingerprint density at radius 3 is 2.00 bits per heavy atom. The number of sulfonamides is 1. The first-order chi connectivity index (χ1) is 15.6. The summed E-state index contributed by atoms with van der Waals surface area (Å²) in [7, 11) is -3.70. The summed E-state index contributed by atoms with van der Waals surface area (Å²) in [6, 6.07) is 6.44. The molecular weight excluding hydrogens is 436 g/mol. The SMILES string of the molecule is CCCCCCCCCCCCC1=NC(C)(C)N=C(NCc2ccc(S(N)(=O)=O)cc2)N1N. The third-order valence-corrected chi connectivity index (χ3v) is 6.67. The molecule has 0 aliphatic carbocycles. The molecular formula is C24H42N6O2S. The molecule has 0 saturated heterocycles. The fourth-order valence-corrected chi connectivity index (χ4v) is 4.40. The van der Waals surface area contributed by atoms with Crippen molar-refractivity contribution in [1.29, 1.82) is 0 Å². The largest absolute Gasteiger partial charge is 0.351 e. The van der Waals surface area contributed by atoms with Crippen LogP contribution in [-0.4, -0.2) is 30.9 Å². The minimum absolute atomic E-state index is 0.0914. The highest BCUT2D eigenvalue weighted by Gasteiger charge is 2.27. The number of hydrogen-bond acceptors (Lipinski definition) is 7. The molecule has 186 valence electrons. The van der Waals surface area contributed by atoms with Gasteiger partial charge in [-0.25, -0.2) is 34.4 Å². The number of hydrogen-bond donors (Lipinski definition) is 3. The molecule has 0 aromatic heterocycles. The van der Waals surface area contributed by atoms with Gasteiger partial charge in [0.05, 0.1) is 4.90 Å². The molecule has 1 aromatic rings. The first-order valence-electron chi connectivity index (χ1n) is 12.2. The molecule has 0 amide bonds. The van der Waals surface area contributed by atoms with Crippen LogP contribution in [0.15, 0.2) is 39.1 Å². The number of nitrogens with one attached hydrogen (secondary N) is 1. The number of nitrogens with two attached hydrogens (primary N) is 2. The van der Waals surface area contributed by atoms with E-state index < -0.39 is 15.7 Å². The second-order valence-corrected chi connectivity index (χ2v) is 10.9. The van der Waals surface area contributed by atoms with Gasteiger partial charge in [0.2, 0.25) is 16.0 Å². The van der Waals surface area contributed by atoms with Crippen molar-refractivity contribution in [1.82, 2.24) is 10.3 Å². The number of rotatable bonds is 14. The summed E-state index contributed by atoms with van der Waals surface area (Å²) >= 11 is 0. The van der Waals surface area contributed by atoms with E-state index in [1.807, 2.05) is 13.8 Å². The topological polar surface area (TPSA) is 126 Å². The van der Waals surface area contributed by atoms with E-state index >= 15 is 0 Å². The molecule has 8 nitrogen and oxygen atoms in total. The first kappa shape index (κ1) is 27.3. The second-order valence-electron chi connectivity index (χ2n) is 9.30. The molecule has 0 unspecified atom stereocenters. The number of hydrazine groups is 1. The van der Waals surface area contributed by atoms with Crippen LogP contribution in [0.5, 0.6) is 0 Å². The van der Waals surface area contributed by atoms with Crippen LogP contribution < -0.4 is 16.3 Å². The van der Waals surface area contributed by atoms with Gasteiger partial charge in [-0.3, -0.25) is 0 Å². The second kappa shape index (κ2) is 13.1. The van der Waals surface area contributed by atoms with Gasteiger partial charge < -0.3 is 5.32 Å². The Labute approximate surface area is 200 Å². The van der Waals surface area contributed by atoms with Crippen LogP contribution in [0.3, 0.4) is 0 Å². The molecule has 0 saturated carbocycles. The lowest BCUT2D eigenvalue weighted by atomic mass is 10.1. The molecule has 1 aliphatic rings. The minimum Gasteiger partial charge on any atom is -0.351 e. The number of amidine groups is 1. The first-order valence-corrected chi connectivity index (χ1v) is 13.8. The Bertz CT molecular complexity index is 894. The molecule has 0 fully saturated rings. The van der Waals surface area contributed by atoms with E-state index in [0.717, 1.165) is 24.2 Å². The van der Waals surface area contributed by atoms with Gasteiger partial charge in [-0.15, -0.1) is 0 Å². The monoisotopic (exact) mass is 478 g/mol. The Morgan fingerprint density at radius 2 is 1.45 bits per heavy atom. The van der Waals surface area contributed by atoms with Gasteiger partial charge in [-0.2, -0.15) is 0 Å². The zero-order chi connectivity index (χ0) is 24.3. The molecule has 0 atom stereocenters. The number of benzene rings is 1. The fraction of sp³-hybridized carbons (Fsp3) is 0.667. The molecule has 9 heteroatoms. The van der Waals surface area contributed by atoms with Crippen molar-refractivity contribution in [3.05, 3.63) is 29.8 Å². The van der Waals surface area contributed by atoms with Crippen LogP contribution >= 0.6 is 0 Å². The Hall–Kier alpha value is -1.97. The van der Waals surface area contributed by atoms with Gasteiger partial charge in [-0.05, 0) is 38.0 Å². The zero-order valence-corrected chi connectivity index (χ0v) is 21.3. The quantitative estimate of drug-likeness (QED) is 0.270. The van der Waals surface area contributed by atoms with Crippen molar-refractivity contribution in [3.8, 4) is 0 Å². The molecule has 0 radical (unpaired) electrons. The smallest absolute Gasteiger partial charge is 0.238 e. The van der Waals surface area contributed by atoms with Crippen molar-refractivity contribution in [2.75, 3.05) is 0 Å². The Kier molecular flexibility index (Phi) is 10.8. The van der Waals surface area contributed by atoms with Crippen LogP contribution in [0.25, 0.3) is 0 Å². The molecule has 2 rings (SSSR count). The van der Waals surface area contributed by atoms with Crippen molar-refractivity contribution in [2.45, 2.75) is 109 Å². The van der Waals surface area contributed by atoms with Crippen LogP contribution in [-0.2, 0) is 16.6 Å². The van der Waals surface area contributed by atoms with Crippen LogP contribution in [0.4, 0.5) is 0 Å². The molecule has 0 bridgehead atoms. The number of aliphatic imine (C=N–C) groups is 2. The van der Waals surface area contributed by atoms with Crippen molar-refractivity contribution in [2.24, 2.45) is 21.0 Å². The predicted octanol–water partition coefficient (Wildman–Crippen LogP) is 4.41. The van der Waals surface area contributed by atoms with Gasteiger partial charge in [0.1, 0.15) is 5.84 Å². The van der Waals surface area contributed by atoms with E-state index in [9.17, 15) is 8.42 Å². The number of unbranched alkanes of at least 4 members (excludes halogenated alkanes) is 9. The maximum atomic E-state index is 11.4. The zero-order valence-electron chi connectivity index (χ0n) is 20.5. The van der Waals surface area contributed by atoms with E-state index in [-0.39, 0.29) is 4.90 Å². The number of nitrogens with zero attached hydrogens (tertiary/aromatic N) is 3. The molecule has 33 heavy (non-hydrogen) atoms. The van der Waals surface area contributed by atoms with E-state index in [4.69, 9.17) is 16.0 Å². The highest BCUT2D eigenvalue weighted by Crippen LogP contribution is 2.20. The van der Waals surface area contributed by atoms with Crippen molar-refractivity contribution in [3.63, 3.8) is 0 Å². The molecule has 1 heterocycles. The van der Waals surface area contributed by atoms with Crippen molar-refractivity contribution >= 4 is 21.8 Å². The molecule has 1 aliphatic heterocycles. The molecule has 5 N–H and O–H groups in total. The van der Waals surface area contributed by atoms with Gasteiger partial charge in [0.15, 0.2) is 5.66 Å². The van der Waals surface area contributed by atoms with Gasteiger partial charge in [-0.1, -0.05) is 76.8 Å². The number of primary sulfonamides is 1. The standard InChI is InChI=1S/C24H42N6O2S/c1-4-5-6-7-8-9-10-11-12-13-14-22-28-24(2,3)29-23(30(22)25)27-19-20-15-17-21(18-16-20)33(26,31)32/h15-18H,4-14,19,25H2,1-3H3,(H,27,29)(H2,26,31,32). The van der Waals surface area contributed by atoms with E-state index in [2.05, 4.69) is 17.2 Å². The summed E-state index contributed by atoms with van der Waals surface area (Å²) < 4.78 is 22.8. The van der Waals surface area contributed by atoms with Crippen molar-refractivity contribution < 1.29 is 8.42 Å². The average Bonchev–Trinajstić information content (AvgIpc) is 2.75. The van der Waals surface area contributed by atoms with Crippen LogP contribution in [0, 0.1) is 0 Å². The fourth-order valence-electron chi connectivity index (χ4n) is 3.88. The van der Waals surface area contributed by atoms with E-state index in [1.54, 1.807) is 12.1 Å². The minimum atomic E-state index is -3.70. The molecule has 0 spiro atoms. The summed E-state index contributed by atoms with van der Waals surface area (Å²) in [5.41, 5.74) is 0.318. The summed E-state index contributed by atoms with van der Waals surface area (Å²) in [4.78, 5) is 9.44. The molecule has 1 aromatic carbocycles. The maximum absolute atomic E-state index is 11.4. The number of guanidine groups is 1. The summed E-state index contributed by atoms with van der Waals surface area (Å²) in [5, 5.41) is 9.96. The lowest BCUT2D eigenvalue weighted by Crippen LogP contribution is -2.53. The lowest BCUT2D eigenvalue weighted by molar-refractivity contribution is 0.466. The average molecular weight is 479 g/mol. The Morgan fingerprint density at radius 1 is 0.909 bits per heavy atom. The summed E-state index contributed by atoms with van der Waals surface area (Å²) in [6.45, 7) is 6.63.